The summed E-state index contributed by atoms with van der Waals surface area (Å²) in [5.41, 5.74) is 0. The van der Waals surface area contributed by atoms with Gasteiger partial charge in [-0.3, -0.25) is 9.69 Å². The normalized spacial score (nSPS) is 28.7. The lowest BCUT2D eigenvalue weighted by molar-refractivity contribution is -0.118. The van der Waals surface area contributed by atoms with Crippen LogP contribution in [0.25, 0.3) is 0 Å². The van der Waals surface area contributed by atoms with Gasteiger partial charge in [0.1, 0.15) is 5.78 Å². The Morgan fingerprint density at radius 1 is 1.58 bits per heavy atom. The zero-order valence-electron chi connectivity index (χ0n) is 7.79. The van der Waals surface area contributed by atoms with E-state index < -0.39 is 0 Å². The molecule has 3 heteroatoms. The van der Waals surface area contributed by atoms with Crippen molar-refractivity contribution in [1.82, 2.24) is 4.90 Å². The maximum absolute atomic E-state index is 10.7. The fourth-order valence-corrected chi connectivity index (χ4v) is 1.74. The lowest BCUT2D eigenvalue weighted by atomic mass is 9.82. The summed E-state index contributed by atoms with van der Waals surface area (Å²) in [7, 11) is 1.95. The van der Waals surface area contributed by atoms with Gasteiger partial charge in [0.2, 0.25) is 0 Å². The van der Waals surface area contributed by atoms with Crippen molar-refractivity contribution in [2.45, 2.75) is 25.9 Å². The Kier molecular flexibility index (Phi) is 3.23. The number of hydrogen-bond acceptors (Lipinski definition) is 3. The van der Waals surface area contributed by atoms with Crippen LogP contribution in [0.1, 0.15) is 19.8 Å². The van der Waals surface area contributed by atoms with Gasteiger partial charge >= 0.3 is 0 Å². The van der Waals surface area contributed by atoms with Gasteiger partial charge in [-0.25, -0.2) is 0 Å². The lowest BCUT2D eigenvalue weighted by Crippen LogP contribution is -2.38. The van der Waals surface area contributed by atoms with Crippen molar-refractivity contribution in [1.29, 1.82) is 0 Å². The molecule has 0 aromatic carbocycles. The summed E-state index contributed by atoms with van der Waals surface area (Å²) in [5.74, 6) is 0.807. The molecule has 0 aromatic rings. The molecule has 1 N–H and O–H groups in total. The van der Waals surface area contributed by atoms with Gasteiger partial charge in [0.25, 0.3) is 0 Å². The van der Waals surface area contributed by atoms with Gasteiger partial charge in [-0.2, -0.15) is 0 Å². The van der Waals surface area contributed by atoms with Crippen molar-refractivity contribution < 1.29 is 9.90 Å². The van der Waals surface area contributed by atoms with Crippen LogP contribution in [0.2, 0.25) is 0 Å². The molecule has 0 spiro atoms. The monoisotopic (exact) mass is 171 g/mol. The molecule has 0 aliphatic heterocycles. The number of ketones is 1. The summed E-state index contributed by atoms with van der Waals surface area (Å²) in [6.07, 6.45) is 1.73. The molecule has 0 aromatic heterocycles. The summed E-state index contributed by atoms with van der Waals surface area (Å²) in [5, 5.41) is 9.03. The van der Waals surface area contributed by atoms with Gasteiger partial charge in [-0.15, -0.1) is 0 Å². The van der Waals surface area contributed by atoms with Crippen LogP contribution >= 0.6 is 0 Å². The van der Waals surface area contributed by atoms with Gasteiger partial charge in [0, 0.05) is 6.54 Å². The first kappa shape index (κ1) is 9.68. The van der Waals surface area contributed by atoms with E-state index in [1.807, 2.05) is 11.9 Å². The van der Waals surface area contributed by atoms with E-state index in [0.717, 1.165) is 19.4 Å². The SMILES string of the molecule is CC(=O)CN(C)CC1CC(O)C1. The standard InChI is InChI=1S/C9H17NO2/c1-7(11)5-10(2)6-8-3-9(12)4-8/h8-9,12H,3-6H2,1-2H3. The Morgan fingerprint density at radius 3 is 2.58 bits per heavy atom. The topological polar surface area (TPSA) is 40.5 Å². The molecule has 0 unspecified atom stereocenters. The predicted octanol–water partition coefficient (Wildman–Crippen LogP) is 0.278. The molecule has 3 nitrogen and oxygen atoms in total. The van der Waals surface area contributed by atoms with E-state index in [-0.39, 0.29) is 11.9 Å². The Hall–Kier alpha value is -0.410. The van der Waals surface area contributed by atoms with Crippen LogP contribution in [-0.4, -0.2) is 42.0 Å². The number of hydrogen-bond donors (Lipinski definition) is 1. The molecule has 1 rings (SSSR count). The van der Waals surface area contributed by atoms with Gasteiger partial charge in [0.15, 0.2) is 0 Å². The van der Waals surface area contributed by atoms with Crippen molar-refractivity contribution in [3.63, 3.8) is 0 Å². The summed E-state index contributed by atoms with van der Waals surface area (Å²) >= 11 is 0. The van der Waals surface area contributed by atoms with E-state index in [2.05, 4.69) is 0 Å². The number of likely N-dealkylation sites (N-methyl/N-ethyl adjacent to an activating group) is 1. The predicted molar refractivity (Wildman–Crippen MR) is 46.9 cm³/mol. The summed E-state index contributed by atoms with van der Waals surface area (Å²) in [4.78, 5) is 12.7. The van der Waals surface area contributed by atoms with Crippen LogP contribution in [-0.2, 0) is 4.79 Å². The smallest absolute Gasteiger partial charge is 0.143 e. The summed E-state index contributed by atoms with van der Waals surface area (Å²) in [6, 6.07) is 0. The van der Waals surface area contributed by atoms with Crippen molar-refractivity contribution in [3.8, 4) is 0 Å². The third kappa shape index (κ3) is 2.91. The average Bonchev–Trinajstić information content (AvgIpc) is 1.82. The van der Waals surface area contributed by atoms with E-state index in [1.165, 1.54) is 0 Å². The van der Waals surface area contributed by atoms with E-state index in [1.54, 1.807) is 6.92 Å². The first-order valence-electron chi connectivity index (χ1n) is 4.44. The highest BCUT2D eigenvalue weighted by Crippen LogP contribution is 2.27. The van der Waals surface area contributed by atoms with Crippen LogP contribution in [0.4, 0.5) is 0 Å². The lowest BCUT2D eigenvalue weighted by Gasteiger charge is -2.34. The van der Waals surface area contributed by atoms with E-state index >= 15 is 0 Å². The second kappa shape index (κ2) is 4.01. The van der Waals surface area contributed by atoms with E-state index in [0.29, 0.717) is 12.5 Å². The number of carbonyl (C=O) groups excluding carboxylic acids is 1. The average molecular weight is 171 g/mol. The van der Waals surface area contributed by atoms with Crippen LogP contribution < -0.4 is 0 Å². The Balaban J connectivity index is 2.10. The number of nitrogens with zero attached hydrogens (tertiary/aromatic N) is 1. The van der Waals surface area contributed by atoms with E-state index in [4.69, 9.17) is 5.11 Å². The maximum atomic E-state index is 10.7. The van der Waals surface area contributed by atoms with Crippen LogP contribution in [0.3, 0.4) is 0 Å². The Morgan fingerprint density at radius 2 is 2.17 bits per heavy atom. The minimum absolute atomic E-state index is 0.0827. The third-order valence-corrected chi connectivity index (χ3v) is 2.27. The van der Waals surface area contributed by atoms with Crippen molar-refractivity contribution in [2.24, 2.45) is 5.92 Å². The van der Waals surface area contributed by atoms with Crippen molar-refractivity contribution in [2.75, 3.05) is 20.1 Å². The molecule has 0 bridgehead atoms. The highest BCUT2D eigenvalue weighted by Gasteiger charge is 2.27. The first-order chi connectivity index (χ1) is 5.58. The summed E-state index contributed by atoms with van der Waals surface area (Å²) in [6.45, 7) is 3.08. The first-order valence-corrected chi connectivity index (χ1v) is 4.44. The molecule has 0 radical (unpaired) electrons. The molecule has 1 aliphatic rings. The number of aliphatic hydroxyl groups excluding tert-OH is 1. The zero-order chi connectivity index (χ0) is 9.14. The molecular formula is C9H17NO2. The minimum atomic E-state index is -0.0827. The third-order valence-electron chi connectivity index (χ3n) is 2.27. The molecule has 1 saturated carbocycles. The summed E-state index contributed by atoms with van der Waals surface area (Å²) < 4.78 is 0. The number of carbonyl (C=O) groups is 1. The van der Waals surface area contributed by atoms with Crippen LogP contribution in [0.15, 0.2) is 0 Å². The minimum Gasteiger partial charge on any atom is -0.393 e. The molecule has 70 valence electrons. The number of Topliss-reactive ketones (excluding diaryl/α,β-unsaturated/α-hetero) is 1. The van der Waals surface area contributed by atoms with Crippen LogP contribution in [0.5, 0.6) is 0 Å². The zero-order valence-corrected chi connectivity index (χ0v) is 7.79. The Labute approximate surface area is 73.4 Å². The fraction of sp³-hybridized carbons (Fsp3) is 0.889. The Bertz CT molecular complexity index is 164. The van der Waals surface area contributed by atoms with Gasteiger partial charge in [-0.1, -0.05) is 0 Å². The molecule has 1 aliphatic carbocycles. The van der Waals surface area contributed by atoms with Crippen molar-refractivity contribution >= 4 is 5.78 Å². The molecule has 0 heterocycles. The second-order valence-corrected chi connectivity index (χ2v) is 3.89. The molecule has 12 heavy (non-hydrogen) atoms. The molecule has 0 amide bonds. The number of aliphatic hydroxyl groups is 1. The molecule has 0 saturated heterocycles. The van der Waals surface area contributed by atoms with Crippen LogP contribution in [0, 0.1) is 5.92 Å². The maximum Gasteiger partial charge on any atom is 0.143 e. The molecule has 1 fully saturated rings. The number of rotatable bonds is 4. The highest BCUT2D eigenvalue weighted by atomic mass is 16.3. The molecular weight excluding hydrogens is 154 g/mol. The van der Waals surface area contributed by atoms with Gasteiger partial charge in [0.05, 0.1) is 12.6 Å². The van der Waals surface area contributed by atoms with Crippen molar-refractivity contribution in [3.05, 3.63) is 0 Å². The largest absolute Gasteiger partial charge is 0.393 e. The molecule has 0 atom stereocenters. The van der Waals surface area contributed by atoms with Gasteiger partial charge < -0.3 is 5.11 Å². The second-order valence-electron chi connectivity index (χ2n) is 3.89. The quantitative estimate of drug-likeness (QED) is 0.660. The van der Waals surface area contributed by atoms with E-state index in [9.17, 15) is 4.79 Å². The fourth-order valence-electron chi connectivity index (χ4n) is 1.74. The highest BCUT2D eigenvalue weighted by molar-refractivity contribution is 5.77. The van der Waals surface area contributed by atoms with Gasteiger partial charge in [-0.05, 0) is 32.7 Å².